The van der Waals surface area contributed by atoms with E-state index in [1.54, 1.807) is 10.9 Å². The van der Waals surface area contributed by atoms with E-state index >= 15 is 0 Å². The predicted molar refractivity (Wildman–Crippen MR) is 181 cm³/mol. The Kier molecular flexibility index (Phi) is 12.9. The fraction of sp³-hybridized carbons (Fsp3) is 0.543. The molecule has 5 rings (SSSR count). The average Bonchev–Trinajstić information content (AvgIpc) is 3.86. The van der Waals surface area contributed by atoms with Crippen molar-refractivity contribution in [2.24, 2.45) is 13.0 Å². The van der Waals surface area contributed by atoms with Crippen LogP contribution in [0.25, 0.3) is 11.3 Å². The van der Waals surface area contributed by atoms with E-state index in [-0.39, 0.29) is 43.4 Å². The highest BCUT2D eigenvalue weighted by molar-refractivity contribution is 5.82. The minimum absolute atomic E-state index is 0.00963. The summed E-state index contributed by atoms with van der Waals surface area (Å²) >= 11 is 0. The fourth-order valence-corrected chi connectivity index (χ4v) is 6.17. The molecule has 2 fully saturated rings. The number of ether oxygens (including phenoxy) is 1. The number of hydrogen-bond donors (Lipinski definition) is 4. The molecule has 0 atom stereocenters. The van der Waals surface area contributed by atoms with Crippen LogP contribution in [0, 0.1) is 11.7 Å². The van der Waals surface area contributed by atoms with Gasteiger partial charge in [0.2, 0.25) is 11.9 Å². The number of carbonyl (C=O) groups excluding carboxylic acids is 2. The van der Waals surface area contributed by atoms with Gasteiger partial charge in [-0.15, -0.1) is 0 Å². The van der Waals surface area contributed by atoms with Gasteiger partial charge in [-0.25, -0.2) is 19.2 Å². The first-order valence-electron chi connectivity index (χ1n) is 17.2. The van der Waals surface area contributed by atoms with Gasteiger partial charge in [0.05, 0.1) is 18.9 Å². The Labute approximate surface area is 286 Å². The third kappa shape index (κ3) is 11.0. The van der Waals surface area contributed by atoms with Gasteiger partial charge in [0.1, 0.15) is 18.8 Å². The second-order valence-corrected chi connectivity index (χ2v) is 13.0. The van der Waals surface area contributed by atoms with Gasteiger partial charge in [-0.3, -0.25) is 19.2 Å². The van der Waals surface area contributed by atoms with Crippen molar-refractivity contribution in [3.63, 3.8) is 0 Å². The second kappa shape index (κ2) is 17.7. The van der Waals surface area contributed by atoms with E-state index in [4.69, 9.17) is 9.84 Å². The van der Waals surface area contributed by atoms with Crippen LogP contribution in [0.2, 0.25) is 0 Å². The first-order chi connectivity index (χ1) is 23.8. The number of nitrogens with one attached hydrogen (secondary N) is 3. The molecule has 2 heterocycles. The molecule has 0 aliphatic heterocycles. The first kappa shape index (κ1) is 35.7. The van der Waals surface area contributed by atoms with Crippen molar-refractivity contribution in [2.45, 2.75) is 82.9 Å². The van der Waals surface area contributed by atoms with E-state index in [2.05, 4.69) is 31.0 Å². The quantitative estimate of drug-likeness (QED) is 0.143. The minimum Gasteiger partial charge on any atom is -0.480 e. The molecule has 2 amide bonds. The number of nitrogens with zero attached hydrogens (tertiary/aromatic N) is 5. The molecule has 0 spiro atoms. The van der Waals surface area contributed by atoms with E-state index in [1.165, 1.54) is 23.9 Å². The van der Waals surface area contributed by atoms with Gasteiger partial charge in [0.25, 0.3) is 0 Å². The van der Waals surface area contributed by atoms with Crippen molar-refractivity contribution in [1.82, 2.24) is 35.3 Å². The summed E-state index contributed by atoms with van der Waals surface area (Å²) in [4.78, 5) is 47.2. The molecule has 2 aliphatic rings. The lowest BCUT2D eigenvalue weighted by molar-refractivity contribution is -0.136. The Morgan fingerprint density at radius 1 is 1.02 bits per heavy atom. The zero-order chi connectivity index (χ0) is 34.6. The molecule has 49 heavy (non-hydrogen) atoms. The molecule has 2 saturated carbocycles. The predicted octanol–water partition coefficient (Wildman–Crippen LogP) is 4.29. The average molecular weight is 679 g/mol. The molecular weight excluding hydrogens is 631 g/mol. The molecule has 3 aromatic rings. The highest BCUT2D eigenvalue weighted by atomic mass is 19.1. The molecule has 4 N–H and O–H groups in total. The SMILES string of the molecule is Cn1ncc(-c2nc(N[C@H]3CC[C@H](N(CC(=O)NCCCCCNCC(=O)O)C(=O)OCc4ccccc4)CC3)ncc2F)c1CC1CC1. The summed E-state index contributed by atoms with van der Waals surface area (Å²) in [6, 6.07) is 9.22. The summed E-state index contributed by atoms with van der Waals surface area (Å²) in [5.41, 5.74) is 2.76. The number of carbonyl (C=O) groups is 3. The molecular formula is C35H47FN8O5. The van der Waals surface area contributed by atoms with Crippen LogP contribution in [-0.4, -0.2) is 86.0 Å². The van der Waals surface area contributed by atoms with Crippen LogP contribution in [0.15, 0.2) is 42.7 Å². The van der Waals surface area contributed by atoms with Crippen LogP contribution in [0.1, 0.15) is 69.0 Å². The summed E-state index contributed by atoms with van der Waals surface area (Å²) < 4.78 is 22.4. The zero-order valence-corrected chi connectivity index (χ0v) is 28.1. The van der Waals surface area contributed by atoms with Crippen molar-refractivity contribution in [2.75, 3.05) is 31.5 Å². The molecule has 0 unspecified atom stereocenters. The van der Waals surface area contributed by atoms with Crippen LogP contribution >= 0.6 is 0 Å². The molecule has 1 aromatic carbocycles. The Balaban J connectivity index is 1.15. The summed E-state index contributed by atoms with van der Waals surface area (Å²) in [7, 11) is 1.87. The Morgan fingerprint density at radius 2 is 1.78 bits per heavy atom. The van der Waals surface area contributed by atoms with Crippen molar-refractivity contribution >= 4 is 23.9 Å². The number of benzene rings is 1. The van der Waals surface area contributed by atoms with E-state index in [9.17, 15) is 18.8 Å². The van der Waals surface area contributed by atoms with Crippen LogP contribution < -0.4 is 16.0 Å². The number of anilines is 1. The Bertz CT molecular complexity index is 1540. The minimum atomic E-state index is -0.890. The number of amides is 2. The van der Waals surface area contributed by atoms with Gasteiger partial charge in [-0.05, 0) is 75.8 Å². The number of unbranched alkanes of at least 4 members (excludes halogenated alkanes) is 2. The van der Waals surface area contributed by atoms with Gasteiger partial charge < -0.3 is 25.8 Å². The number of carboxylic acids is 1. The van der Waals surface area contributed by atoms with E-state index in [0.29, 0.717) is 56.2 Å². The molecule has 0 saturated heterocycles. The summed E-state index contributed by atoms with van der Waals surface area (Å²) in [6.45, 7) is 0.976. The topological polar surface area (TPSA) is 164 Å². The largest absolute Gasteiger partial charge is 0.480 e. The van der Waals surface area contributed by atoms with Crippen LogP contribution in [0.3, 0.4) is 0 Å². The molecule has 13 nitrogen and oxygen atoms in total. The van der Waals surface area contributed by atoms with E-state index < -0.39 is 17.9 Å². The van der Waals surface area contributed by atoms with Crippen molar-refractivity contribution in [1.29, 1.82) is 0 Å². The number of carboxylic acid groups (broad SMARTS) is 1. The smallest absolute Gasteiger partial charge is 0.410 e. The zero-order valence-electron chi connectivity index (χ0n) is 28.1. The third-order valence-electron chi connectivity index (χ3n) is 9.09. The lowest BCUT2D eigenvalue weighted by atomic mass is 9.90. The molecule has 14 heteroatoms. The maximum atomic E-state index is 15.0. The number of aliphatic carboxylic acids is 1. The standard InChI is InChI=1S/C35H47FN8O5/c1-43-30(18-24-10-11-24)28(19-40-43)33-29(36)20-39-34(42-33)41-26-12-14-27(15-13-26)44(35(48)49-23-25-8-4-2-5-9-25)22-31(45)38-17-7-3-6-16-37-21-32(46)47/h2,4-5,8-9,19-20,24,26-27,37H,3,6-7,10-18,21-23H2,1H3,(H,38,45)(H,46,47)(H,39,41,42)/t26-,27-. The summed E-state index contributed by atoms with van der Waals surface area (Å²) in [5.74, 6) is -0.686. The molecule has 2 aromatic heterocycles. The Morgan fingerprint density at radius 3 is 2.51 bits per heavy atom. The third-order valence-corrected chi connectivity index (χ3v) is 9.09. The number of halogens is 1. The molecule has 0 radical (unpaired) electrons. The Hall–Kier alpha value is -4.59. The van der Waals surface area contributed by atoms with Crippen LogP contribution in [-0.2, 0) is 34.4 Å². The van der Waals surface area contributed by atoms with Crippen LogP contribution in [0.5, 0.6) is 0 Å². The van der Waals surface area contributed by atoms with Crippen molar-refractivity contribution in [3.05, 3.63) is 59.8 Å². The van der Waals surface area contributed by atoms with Crippen molar-refractivity contribution < 1.29 is 28.6 Å². The lowest BCUT2D eigenvalue weighted by Gasteiger charge is -2.36. The van der Waals surface area contributed by atoms with E-state index in [0.717, 1.165) is 36.9 Å². The summed E-state index contributed by atoms with van der Waals surface area (Å²) in [5, 5.41) is 22.2. The first-order valence-corrected chi connectivity index (χ1v) is 17.2. The highest BCUT2D eigenvalue weighted by Gasteiger charge is 2.32. The molecule has 264 valence electrons. The normalized spacial score (nSPS) is 17.3. The number of aromatic nitrogens is 4. The van der Waals surface area contributed by atoms with Gasteiger partial charge in [-0.2, -0.15) is 5.10 Å². The van der Waals surface area contributed by atoms with Gasteiger partial charge in [-0.1, -0.05) is 36.8 Å². The summed E-state index contributed by atoms with van der Waals surface area (Å²) in [6.07, 6.45) is 10.6. The molecule has 2 aliphatic carbocycles. The lowest BCUT2D eigenvalue weighted by Crippen LogP contribution is -2.48. The maximum Gasteiger partial charge on any atom is 0.410 e. The fourth-order valence-electron chi connectivity index (χ4n) is 6.17. The number of rotatable bonds is 18. The maximum absolute atomic E-state index is 15.0. The van der Waals surface area contributed by atoms with Crippen molar-refractivity contribution in [3.8, 4) is 11.3 Å². The number of aryl methyl sites for hydroxylation is 1. The monoisotopic (exact) mass is 678 g/mol. The highest BCUT2D eigenvalue weighted by Crippen LogP contribution is 2.36. The van der Waals surface area contributed by atoms with Gasteiger partial charge in [0, 0.05) is 36.9 Å². The second-order valence-electron chi connectivity index (χ2n) is 13.0. The van der Waals surface area contributed by atoms with Gasteiger partial charge in [0.15, 0.2) is 5.82 Å². The number of hydrogen-bond acceptors (Lipinski definition) is 9. The molecule has 0 bridgehead atoms. The van der Waals surface area contributed by atoms with E-state index in [1.807, 2.05) is 37.4 Å². The van der Waals surface area contributed by atoms with Crippen LogP contribution in [0.4, 0.5) is 15.1 Å². The van der Waals surface area contributed by atoms with Gasteiger partial charge >= 0.3 is 12.1 Å².